The summed E-state index contributed by atoms with van der Waals surface area (Å²) >= 11 is 6.43. The van der Waals surface area contributed by atoms with Gasteiger partial charge in [-0.25, -0.2) is 14.1 Å². The molecule has 196 valence electrons. The number of benzene rings is 3. The van der Waals surface area contributed by atoms with Gasteiger partial charge in [-0.15, -0.1) is 0 Å². The van der Waals surface area contributed by atoms with Gasteiger partial charge in [-0.1, -0.05) is 30.7 Å². The molecule has 0 saturated carbocycles. The molecule has 1 aliphatic heterocycles. The molecule has 0 radical (unpaired) electrons. The van der Waals surface area contributed by atoms with E-state index in [2.05, 4.69) is 5.32 Å². The molecule has 38 heavy (non-hydrogen) atoms. The van der Waals surface area contributed by atoms with Crippen molar-refractivity contribution in [2.45, 2.75) is 20.0 Å². The predicted octanol–water partition coefficient (Wildman–Crippen LogP) is 5.52. The van der Waals surface area contributed by atoms with Crippen LogP contribution in [-0.2, 0) is 16.2 Å². The van der Waals surface area contributed by atoms with E-state index < -0.39 is 23.7 Å². The van der Waals surface area contributed by atoms with E-state index >= 15 is 0 Å². The maximum absolute atomic E-state index is 13.5. The van der Waals surface area contributed by atoms with Gasteiger partial charge < -0.3 is 14.2 Å². The second kappa shape index (κ2) is 11.8. The van der Waals surface area contributed by atoms with Gasteiger partial charge in [-0.2, -0.15) is 0 Å². The summed E-state index contributed by atoms with van der Waals surface area (Å²) in [4.78, 5) is 39.2. The first-order chi connectivity index (χ1) is 18.3. The van der Waals surface area contributed by atoms with Crippen LogP contribution in [0.3, 0.4) is 0 Å². The molecular weight excluding hydrogens is 515 g/mol. The lowest BCUT2D eigenvalue weighted by molar-refractivity contribution is -0.122. The number of carbonyl (C=O) groups is 3. The zero-order chi connectivity index (χ0) is 27.2. The fraction of sp³-hybridized carbons (Fsp3) is 0.179. The van der Waals surface area contributed by atoms with Gasteiger partial charge in [0.2, 0.25) is 0 Å². The number of hydrogen-bond acceptors (Lipinski definition) is 6. The zero-order valence-electron chi connectivity index (χ0n) is 20.6. The number of halogens is 2. The molecule has 0 aromatic heterocycles. The number of amides is 4. The van der Waals surface area contributed by atoms with Crippen LogP contribution in [-0.4, -0.2) is 31.6 Å². The van der Waals surface area contributed by atoms with Crippen LogP contribution in [0.5, 0.6) is 17.2 Å². The Morgan fingerprint density at radius 1 is 1.03 bits per heavy atom. The zero-order valence-corrected chi connectivity index (χ0v) is 21.4. The molecule has 1 aliphatic rings. The minimum absolute atomic E-state index is 0.0362. The molecule has 10 heteroatoms. The number of anilines is 1. The van der Waals surface area contributed by atoms with Gasteiger partial charge in [-0.05, 0) is 72.2 Å². The molecule has 1 N–H and O–H groups in total. The Morgan fingerprint density at radius 2 is 1.79 bits per heavy atom. The minimum atomic E-state index is -0.865. The molecule has 4 amide bonds. The van der Waals surface area contributed by atoms with Crippen LogP contribution in [0.1, 0.15) is 24.5 Å². The van der Waals surface area contributed by atoms with E-state index in [9.17, 15) is 18.8 Å². The molecule has 0 aliphatic carbocycles. The van der Waals surface area contributed by atoms with Crippen molar-refractivity contribution >= 4 is 41.2 Å². The van der Waals surface area contributed by atoms with Gasteiger partial charge in [-0.3, -0.25) is 14.9 Å². The van der Waals surface area contributed by atoms with Gasteiger partial charge in [0.05, 0.1) is 24.4 Å². The molecule has 8 nitrogen and oxygen atoms in total. The molecule has 3 aromatic carbocycles. The van der Waals surface area contributed by atoms with Crippen LogP contribution in [0.2, 0.25) is 5.02 Å². The lowest BCUT2D eigenvalue weighted by atomic mass is 10.1. The molecule has 4 rings (SSSR count). The monoisotopic (exact) mass is 538 g/mol. The van der Waals surface area contributed by atoms with Gasteiger partial charge in [0.1, 0.15) is 23.7 Å². The molecule has 0 spiro atoms. The maximum Gasteiger partial charge on any atom is 0.335 e. The van der Waals surface area contributed by atoms with Crippen molar-refractivity contribution in [2.24, 2.45) is 0 Å². The van der Waals surface area contributed by atoms with Crippen LogP contribution in [0.4, 0.5) is 14.9 Å². The fourth-order valence-electron chi connectivity index (χ4n) is 3.72. The summed E-state index contributed by atoms with van der Waals surface area (Å²) in [7, 11) is 1.41. The highest BCUT2D eigenvalue weighted by Gasteiger charge is 2.37. The van der Waals surface area contributed by atoms with Crippen molar-refractivity contribution < 1.29 is 33.0 Å². The van der Waals surface area contributed by atoms with Crippen LogP contribution in [0.15, 0.2) is 66.2 Å². The Kier molecular flexibility index (Phi) is 8.28. The number of imide groups is 2. The predicted molar refractivity (Wildman–Crippen MR) is 140 cm³/mol. The number of hydrogen-bond donors (Lipinski definition) is 1. The van der Waals surface area contributed by atoms with Crippen molar-refractivity contribution in [1.29, 1.82) is 0 Å². The van der Waals surface area contributed by atoms with Gasteiger partial charge in [0, 0.05) is 0 Å². The van der Waals surface area contributed by atoms with Gasteiger partial charge >= 0.3 is 6.03 Å². The lowest BCUT2D eigenvalue weighted by Crippen LogP contribution is -2.54. The van der Waals surface area contributed by atoms with Crippen molar-refractivity contribution in [3.8, 4) is 17.2 Å². The molecule has 0 unspecified atom stereocenters. The summed E-state index contributed by atoms with van der Waals surface area (Å²) in [6.07, 6.45) is 2.14. The summed E-state index contributed by atoms with van der Waals surface area (Å²) in [5.41, 5.74) is 0.948. The number of carbonyl (C=O) groups excluding carboxylic acids is 3. The number of nitrogens with one attached hydrogen (secondary N) is 1. The molecule has 1 heterocycles. The first-order valence-electron chi connectivity index (χ1n) is 11.7. The van der Waals surface area contributed by atoms with E-state index in [1.807, 2.05) is 6.92 Å². The Morgan fingerprint density at radius 3 is 2.47 bits per heavy atom. The normalized spacial score (nSPS) is 14.5. The average molecular weight is 539 g/mol. The van der Waals surface area contributed by atoms with E-state index in [1.54, 1.807) is 36.4 Å². The van der Waals surface area contributed by atoms with Crippen LogP contribution in [0.25, 0.3) is 6.08 Å². The van der Waals surface area contributed by atoms with Crippen molar-refractivity contribution in [2.75, 3.05) is 18.6 Å². The number of rotatable bonds is 9. The smallest absolute Gasteiger partial charge is 0.335 e. The van der Waals surface area contributed by atoms with E-state index in [1.165, 1.54) is 37.5 Å². The maximum atomic E-state index is 13.5. The molecular formula is C28H24ClFN2O6. The van der Waals surface area contributed by atoms with Crippen molar-refractivity contribution in [3.05, 3.63) is 88.2 Å². The summed E-state index contributed by atoms with van der Waals surface area (Å²) < 4.78 is 30.2. The van der Waals surface area contributed by atoms with Crippen LogP contribution in [0, 0.1) is 5.82 Å². The third-order valence-electron chi connectivity index (χ3n) is 5.50. The lowest BCUT2D eigenvalue weighted by Gasteiger charge is -2.26. The fourth-order valence-corrected chi connectivity index (χ4v) is 3.99. The third-order valence-corrected chi connectivity index (χ3v) is 5.79. The quantitative estimate of drug-likeness (QED) is 0.285. The minimum Gasteiger partial charge on any atom is -0.494 e. The largest absolute Gasteiger partial charge is 0.494 e. The molecule has 1 saturated heterocycles. The highest BCUT2D eigenvalue weighted by molar-refractivity contribution is 6.39. The van der Waals surface area contributed by atoms with E-state index in [0.29, 0.717) is 23.5 Å². The van der Waals surface area contributed by atoms with E-state index in [4.69, 9.17) is 25.8 Å². The average Bonchev–Trinajstić information content (AvgIpc) is 2.89. The molecule has 0 bridgehead atoms. The van der Waals surface area contributed by atoms with E-state index in [-0.39, 0.29) is 34.4 Å². The second-order valence-corrected chi connectivity index (χ2v) is 8.66. The van der Waals surface area contributed by atoms with Crippen LogP contribution < -0.4 is 24.4 Å². The van der Waals surface area contributed by atoms with Crippen molar-refractivity contribution in [1.82, 2.24) is 5.32 Å². The number of ether oxygens (including phenoxy) is 3. The second-order valence-electron chi connectivity index (χ2n) is 8.25. The highest BCUT2D eigenvalue weighted by Crippen LogP contribution is 2.38. The first-order valence-corrected chi connectivity index (χ1v) is 12.1. The van der Waals surface area contributed by atoms with Gasteiger partial charge in [0.15, 0.2) is 11.5 Å². The molecule has 0 atom stereocenters. The number of nitrogens with zero attached hydrogens (tertiary/aromatic N) is 1. The van der Waals surface area contributed by atoms with Crippen LogP contribution >= 0.6 is 11.6 Å². The number of methoxy groups -OCH3 is 1. The summed E-state index contributed by atoms with van der Waals surface area (Å²) in [6, 6.07) is 14.5. The Bertz CT molecular complexity index is 1410. The summed E-state index contributed by atoms with van der Waals surface area (Å²) in [5.74, 6) is -1.01. The van der Waals surface area contributed by atoms with Gasteiger partial charge in [0.25, 0.3) is 11.8 Å². The number of urea groups is 1. The van der Waals surface area contributed by atoms with Crippen molar-refractivity contribution in [3.63, 3.8) is 0 Å². The van der Waals surface area contributed by atoms with E-state index in [0.717, 1.165) is 11.3 Å². The topological polar surface area (TPSA) is 94.2 Å². The summed E-state index contributed by atoms with van der Waals surface area (Å²) in [5, 5.41) is 2.33. The SMILES string of the molecule is CCCOc1ccc(N2C(=O)NC(=O)/C(=C/c3cc(Cl)c(OCc4cccc(F)c4)c(OC)c3)C2=O)cc1. The molecule has 1 fully saturated rings. The summed E-state index contributed by atoms with van der Waals surface area (Å²) in [6.45, 7) is 2.55. The third kappa shape index (κ3) is 5.95. The highest BCUT2D eigenvalue weighted by atomic mass is 35.5. The molecule has 3 aromatic rings. The Hall–Kier alpha value is -4.37. The first kappa shape index (κ1) is 26.7. The Balaban J connectivity index is 1.59. The number of barbiturate groups is 1. The standard InChI is InChI=1S/C28H24ClFN2O6/c1-3-11-37-21-9-7-20(8-10-21)32-27(34)22(26(33)31-28(32)35)13-18-14-23(29)25(24(15-18)36-2)38-16-17-5-4-6-19(30)12-17/h4-10,12-15H,3,11,16H2,1-2H3,(H,31,33,35)/b22-13-. The Labute approximate surface area is 223 Å².